The molecule has 1 aromatic carbocycles. The van der Waals surface area contributed by atoms with Crippen LogP contribution >= 0.6 is 0 Å². The van der Waals surface area contributed by atoms with Gasteiger partial charge >= 0.3 is 0 Å². The fourth-order valence-corrected chi connectivity index (χ4v) is 4.09. The van der Waals surface area contributed by atoms with Gasteiger partial charge in [0.15, 0.2) is 0 Å². The molecule has 5 heteroatoms. The van der Waals surface area contributed by atoms with Gasteiger partial charge < -0.3 is 0 Å². The average Bonchev–Trinajstić information content (AvgIpc) is 3.11. The highest BCUT2D eigenvalue weighted by Gasteiger charge is 2.52. The highest BCUT2D eigenvalue weighted by atomic mass is 32.2. The van der Waals surface area contributed by atoms with E-state index in [1.807, 2.05) is 24.1 Å². The Morgan fingerprint density at radius 3 is 2.30 bits per heavy atom. The normalized spacial score (nSPS) is 25.6. The molecule has 0 radical (unpaired) electrons. The number of hydrogen-bond donors (Lipinski definition) is 0. The molecule has 4 nitrogen and oxygen atoms in total. The Morgan fingerprint density at radius 2 is 1.75 bits per heavy atom. The van der Waals surface area contributed by atoms with Gasteiger partial charge in [-0.05, 0) is 31.9 Å². The van der Waals surface area contributed by atoms with Crippen molar-refractivity contribution in [2.45, 2.75) is 57.5 Å². The van der Waals surface area contributed by atoms with Crippen molar-refractivity contribution < 1.29 is 8.42 Å². The van der Waals surface area contributed by atoms with E-state index in [4.69, 9.17) is 0 Å². The maximum Gasteiger partial charge on any atom is 0.257 e. The van der Waals surface area contributed by atoms with Crippen LogP contribution in [-0.2, 0) is 10.0 Å². The van der Waals surface area contributed by atoms with Gasteiger partial charge in [0.2, 0.25) is 0 Å². The van der Waals surface area contributed by atoms with Crippen molar-refractivity contribution in [3.8, 4) is 0 Å². The van der Waals surface area contributed by atoms with Crippen LogP contribution < -0.4 is 0 Å². The number of rotatable bonds is 7. The number of aryl methyl sites for hydroxylation is 1. The van der Waals surface area contributed by atoms with Crippen LogP contribution in [0.2, 0.25) is 0 Å². The largest absolute Gasteiger partial charge is 0.257 e. The van der Waals surface area contributed by atoms with Crippen LogP contribution in [0.5, 0.6) is 0 Å². The zero-order valence-corrected chi connectivity index (χ0v) is 13.4. The van der Waals surface area contributed by atoms with Crippen molar-refractivity contribution in [3.05, 3.63) is 29.8 Å². The van der Waals surface area contributed by atoms with Crippen molar-refractivity contribution in [3.63, 3.8) is 0 Å². The van der Waals surface area contributed by atoms with Gasteiger partial charge in [-0.2, -0.15) is 0 Å². The molecule has 1 aliphatic rings. The molecule has 3 unspecified atom stereocenters. The van der Waals surface area contributed by atoms with Crippen LogP contribution in [0.3, 0.4) is 0 Å². The Balaban J connectivity index is 2.17. The predicted molar refractivity (Wildman–Crippen MR) is 80.5 cm³/mol. The van der Waals surface area contributed by atoms with Crippen molar-refractivity contribution in [2.24, 2.45) is 0 Å². The van der Waals surface area contributed by atoms with E-state index in [-0.39, 0.29) is 6.17 Å². The number of sulfonamides is 1. The van der Waals surface area contributed by atoms with Crippen molar-refractivity contribution in [1.29, 1.82) is 0 Å². The minimum absolute atomic E-state index is 0.0536. The molecule has 3 atom stereocenters. The van der Waals surface area contributed by atoms with Crippen LogP contribution in [0.4, 0.5) is 0 Å². The Bertz CT molecular complexity index is 539. The molecule has 20 heavy (non-hydrogen) atoms. The van der Waals surface area contributed by atoms with Gasteiger partial charge in [0.25, 0.3) is 10.0 Å². The van der Waals surface area contributed by atoms with E-state index in [1.54, 1.807) is 16.5 Å². The van der Waals surface area contributed by atoms with Crippen LogP contribution in [0.1, 0.15) is 45.1 Å². The molecule has 1 saturated heterocycles. The first-order chi connectivity index (χ1) is 9.52. The summed E-state index contributed by atoms with van der Waals surface area (Å²) in [4.78, 5) is 0.392. The predicted octanol–water partition coefficient (Wildman–Crippen LogP) is 3.14. The topological polar surface area (TPSA) is 40.2 Å². The van der Waals surface area contributed by atoms with Crippen molar-refractivity contribution in [2.75, 3.05) is 6.54 Å². The van der Waals surface area contributed by atoms with E-state index in [2.05, 4.69) is 13.8 Å². The smallest absolute Gasteiger partial charge is 0.206 e. The summed E-state index contributed by atoms with van der Waals surface area (Å²) in [6.45, 7) is 7.00. The zero-order valence-electron chi connectivity index (χ0n) is 12.5. The molecule has 1 heterocycles. The van der Waals surface area contributed by atoms with Gasteiger partial charge in [0.1, 0.15) is 6.17 Å². The van der Waals surface area contributed by atoms with Crippen molar-refractivity contribution >= 4 is 10.0 Å². The molecular weight excluding hydrogens is 272 g/mol. The SMILES string of the molecule is CCCCN1C(CCC)N1S(=O)(=O)c1ccc(C)cc1. The van der Waals surface area contributed by atoms with E-state index in [0.29, 0.717) is 4.90 Å². The lowest BCUT2D eigenvalue weighted by atomic mass is 10.2. The summed E-state index contributed by atoms with van der Waals surface area (Å²) in [5.41, 5.74) is 1.07. The number of benzene rings is 1. The lowest BCUT2D eigenvalue weighted by molar-refractivity contribution is 0.386. The molecule has 112 valence electrons. The quantitative estimate of drug-likeness (QED) is 0.726. The van der Waals surface area contributed by atoms with E-state index in [9.17, 15) is 8.42 Å². The minimum atomic E-state index is -3.37. The minimum Gasteiger partial charge on any atom is -0.206 e. The molecule has 0 spiro atoms. The maximum absolute atomic E-state index is 12.6. The highest BCUT2D eigenvalue weighted by molar-refractivity contribution is 7.89. The van der Waals surface area contributed by atoms with E-state index in [1.165, 1.54) is 0 Å². The molecule has 0 bridgehead atoms. The van der Waals surface area contributed by atoms with Gasteiger partial charge in [-0.3, -0.25) is 0 Å². The summed E-state index contributed by atoms with van der Waals surface area (Å²) < 4.78 is 26.9. The first-order valence-electron chi connectivity index (χ1n) is 7.40. The summed E-state index contributed by atoms with van der Waals surface area (Å²) in [5.74, 6) is 0. The summed E-state index contributed by atoms with van der Waals surface area (Å²) in [5, 5.41) is 1.99. The first-order valence-corrected chi connectivity index (χ1v) is 8.84. The molecule has 1 aromatic rings. The summed E-state index contributed by atoms with van der Waals surface area (Å²) in [6, 6.07) is 7.09. The number of nitrogens with zero attached hydrogens (tertiary/aromatic N) is 2. The fourth-order valence-electron chi connectivity index (χ4n) is 2.43. The second-order valence-corrected chi connectivity index (χ2v) is 7.17. The first kappa shape index (κ1) is 15.5. The average molecular weight is 296 g/mol. The summed E-state index contributed by atoms with van der Waals surface area (Å²) in [7, 11) is -3.37. The number of unbranched alkanes of at least 4 members (excludes halogenated alkanes) is 1. The van der Waals surface area contributed by atoms with E-state index in [0.717, 1.165) is 37.8 Å². The molecule has 0 amide bonds. The third-order valence-electron chi connectivity index (χ3n) is 3.65. The van der Waals surface area contributed by atoms with Gasteiger partial charge in [-0.1, -0.05) is 44.4 Å². The third kappa shape index (κ3) is 3.05. The third-order valence-corrected chi connectivity index (χ3v) is 5.46. The van der Waals surface area contributed by atoms with Crippen LogP contribution in [0.15, 0.2) is 29.2 Å². The van der Waals surface area contributed by atoms with Crippen LogP contribution in [-0.4, -0.2) is 30.6 Å². The van der Waals surface area contributed by atoms with Crippen LogP contribution in [0, 0.1) is 6.92 Å². The van der Waals surface area contributed by atoms with Crippen molar-refractivity contribution in [1.82, 2.24) is 9.42 Å². The maximum atomic E-state index is 12.6. The Morgan fingerprint density at radius 1 is 1.10 bits per heavy atom. The summed E-state index contributed by atoms with van der Waals surface area (Å²) in [6.07, 6.45) is 4.05. The highest BCUT2D eigenvalue weighted by Crippen LogP contribution is 2.37. The number of hydrogen-bond acceptors (Lipinski definition) is 3. The lowest BCUT2D eigenvalue weighted by Gasteiger charge is -2.06. The van der Waals surface area contributed by atoms with Gasteiger partial charge in [-0.15, -0.1) is 4.41 Å². The molecular formula is C15H24N2O2S. The molecule has 0 aliphatic carbocycles. The van der Waals surface area contributed by atoms with Gasteiger partial charge in [0, 0.05) is 6.54 Å². The van der Waals surface area contributed by atoms with E-state index < -0.39 is 10.0 Å². The second kappa shape index (κ2) is 6.24. The standard InChI is InChI=1S/C15H24N2O2S/c1-4-6-12-16-15(7-5-2)17(16)20(18,19)14-10-8-13(3)9-11-14/h8-11,15H,4-7,12H2,1-3H3. The van der Waals surface area contributed by atoms with E-state index >= 15 is 0 Å². The monoisotopic (exact) mass is 296 g/mol. The molecule has 0 N–H and O–H groups in total. The zero-order chi connectivity index (χ0) is 14.8. The molecule has 1 aliphatic heterocycles. The molecule has 1 fully saturated rings. The Labute approximate surface area is 122 Å². The second-order valence-electron chi connectivity index (χ2n) is 5.38. The molecule has 2 rings (SSSR count). The lowest BCUT2D eigenvalue weighted by Crippen LogP contribution is -2.18. The van der Waals surface area contributed by atoms with Gasteiger partial charge in [-0.25, -0.2) is 13.4 Å². The Hall–Kier alpha value is -0.910. The molecule has 0 saturated carbocycles. The molecule has 0 aromatic heterocycles. The fraction of sp³-hybridized carbons (Fsp3) is 0.600. The number of hydrazine groups is 1. The van der Waals surface area contributed by atoms with Gasteiger partial charge in [0.05, 0.1) is 4.90 Å². The Kier molecular flexibility index (Phi) is 4.83. The van der Waals surface area contributed by atoms with Crippen LogP contribution in [0.25, 0.3) is 0 Å². The summed E-state index contributed by atoms with van der Waals surface area (Å²) >= 11 is 0.